The first kappa shape index (κ1) is 16.4. The molecule has 0 bridgehead atoms. The molecule has 1 aromatic rings. The van der Waals surface area contributed by atoms with Crippen molar-refractivity contribution in [2.24, 2.45) is 11.1 Å². The van der Waals surface area contributed by atoms with Crippen LogP contribution < -0.4 is 0 Å². The smallest absolute Gasteiger partial charge is 0.152 e. The minimum Gasteiger partial charge on any atom is -0.389 e. The van der Waals surface area contributed by atoms with Crippen molar-refractivity contribution in [1.82, 2.24) is 14.7 Å². The first-order valence-corrected chi connectivity index (χ1v) is 9.98. The number of thiophene rings is 1. The van der Waals surface area contributed by atoms with Gasteiger partial charge in [0.15, 0.2) is 11.9 Å². The third kappa shape index (κ3) is 3.07. The Kier molecular flexibility index (Phi) is 4.54. The van der Waals surface area contributed by atoms with Crippen LogP contribution >= 0.6 is 11.3 Å². The number of aryl methyl sites for hydroxylation is 1. The van der Waals surface area contributed by atoms with Gasteiger partial charge in [-0.15, -0.1) is 11.3 Å². The molecule has 0 radical (unpaired) electrons. The fourth-order valence-electron chi connectivity index (χ4n) is 3.97. The SMILES string of the molecule is Cc1ccsc1CN1CCN(C2=NO[C@@H]3CN(C(C)C)C[C@H]23)CC1. The number of likely N-dealkylation sites (tertiary alicyclic amines) is 1. The zero-order valence-corrected chi connectivity index (χ0v) is 15.8. The fourth-order valence-corrected chi connectivity index (χ4v) is 4.91. The van der Waals surface area contributed by atoms with Gasteiger partial charge in [0, 0.05) is 56.7 Å². The van der Waals surface area contributed by atoms with Crippen molar-refractivity contribution in [3.05, 3.63) is 21.9 Å². The Morgan fingerprint density at radius 2 is 2.04 bits per heavy atom. The maximum atomic E-state index is 5.74. The van der Waals surface area contributed by atoms with Crippen molar-refractivity contribution in [2.75, 3.05) is 39.3 Å². The first-order chi connectivity index (χ1) is 11.6. The molecule has 6 heteroatoms. The fraction of sp³-hybridized carbons (Fsp3) is 0.722. The summed E-state index contributed by atoms with van der Waals surface area (Å²) in [5.41, 5.74) is 1.43. The molecule has 3 aliphatic rings. The molecule has 0 spiro atoms. The van der Waals surface area contributed by atoms with E-state index in [9.17, 15) is 0 Å². The van der Waals surface area contributed by atoms with E-state index >= 15 is 0 Å². The molecule has 0 aliphatic carbocycles. The number of nitrogens with zero attached hydrogens (tertiary/aromatic N) is 4. The van der Waals surface area contributed by atoms with Crippen LogP contribution in [0.1, 0.15) is 24.3 Å². The average molecular weight is 349 g/mol. The Hall–Kier alpha value is -1.11. The van der Waals surface area contributed by atoms with Gasteiger partial charge in [-0.3, -0.25) is 9.80 Å². The van der Waals surface area contributed by atoms with Crippen molar-refractivity contribution in [3.63, 3.8) is 0 Å². The molecule has 2 fully saturated rings. The third-order valence-corrected chi connectivity index (χ3v) is 6.68. The molecule has 0 amide bonds. The highest BCUT2D eigenvalue weighted by Crippen LogP contribution is 2.30. The zero-order chi connectivity index (χ0) is 16.7. The molecule has 0 unspecified atom stereocenters. The number of piperazine rings is 1. The summed E-state index contributed by atoms with van der Waals surface area (Å²) in [6, 6.07) is 2.81. The van der Waals surface area contributed by atoms with Crippen molar-refractivity contribution in [1.29, 1.82) is 0 Å². The van der Waals surface area contributed by atoms with E-state index in [0.29, 0.717) is 12.0 Å². The molecule has 0 N–H and O–H groups in total. The van der Waals surface area contributed by atoms with Crippen LogP contribution in [0.25, 0.3) is 0 Å². The first-order valence-electron chi connectivity index (χ1n) is 9.10. The Morgan fingerprint density at radius 1 is 1.25 bits per heavy atom. The highest BCUT2D eigenvalue weighted by Gasteiger charge is 2.45. The van der Waals surface area contributed by atoms with Crippen molar-refractivity contribution >= 4 is 17.2 Å². The number of amidine groups is 1. The van der Waals surface area contributed by atoms with E-state index in [1.54, 1.807) is 0 Å². The minimum atomic E-state index is 0.272. The highest BCUT2D eigenvalue weighted by molar-refractivity contribution is 7.10. The number of oxime groups is 1. The molecule has 2 saturated heterocycles. The third-order valence-electron chi connectivity index (χ3n) is 5.67. The number of hydrogen-bond donors (Lipinski definition) is 0. The van der Waals surface area contributed by atoms with Crippen LogP contribution in [0.2, 0.25) is 0 Å². The van der Waals surface area contributed by atoms with Gasteiger partial charge in [-0.25, -0.2) is 0 Å². The Bertz CT molecular complexity index is 606. The molecule has 5 nitrogen and oxygen atoms in total. The van der Waals surface area contributed by atoms with Crippen LogP contribution in [-0.4, -0.2) is 71.9 Å². The molecule has 4 rings (SSSR count). The van der Waals surface area contributed by atoms with Gasteiger partial charge in [-0.05, 0) is 37.8 Å². The predicted molar refractivity (Wildman–Crippen MR) is 98.4 cm³/mol. The largest absolute Gasteiger partial charge is 0.389 e. The summed E-state index contributed by atoms with van der Waals surface area (Å²) in [6.07, 6.45) is 0.272. The summed E-state index contributed by atoms with van der Waals surface area (Å²) in [5.74, 6) is 1.67. The summed E-state index contributed by atoms with van der Waals surface area (Å²) in [5, 5.41) is 6.65. The Labute approximate surface area is 148 Å². The van der Waals surface area contributed by atoms with E-state index in [1.807, 2.05) is 11.3 Å². The summed E-state index contributed by atoms with van der Waals surface area (Å²) < 4.78 is 0. The molecule has 0 saturated carbocycles. The van der Waals surface area contributed by atoms with Gasteiger partial charge >= 0.3 is 0 Å². The highest BCUT2D eigenvalue weighted by atomic mass is 32.1. The number of fused-ring (bicyclic) bond motifs is 1. The van der Waals surface area contributed by atoms with E-state index in [-0.39, 0.29) is 6.10 Å². The van der Waals surface area contributed by atoms with Gasteiger partial charge < -0.3 is 9.74 Å². The van der Waals surface area contributed by atoms with E-state index in [0.717, 1.165) is 45.8 Å². The molecule has 24 heavy (non-hydrogen) atoms. The number of hydrogen-bond acceptors (Lipinski definition) is 6. The summed E-state index contributed by atoms with van der Waals surface area (Å²) in [6.45, 7) is 14.3. The normalized spacial score (nSPS) is 28.3. The van der Waals surface area contributed by atoms with E-state index in [4.69, 9.17) is 4.84 Å². The van der Waals surface area contributed by atoms with Crippen LogP contribution in [0, 0.1) is 12.8 Å². The molecule has 4 heterocycles. The van der Waals surface area contributed by atoms with Gasteiger partial charge in [-0.2, -0.15) is 0 Å². The van der Waals surface area contributed by atoms with Crippen molar-refractivity contribution in [2.45, 2.75) is 39.5 Å². The van der Waals surface area contributed by atoms with E-state index in [2.05, 4.69) is 52.1 Å². The van der Waals surface area contributed by atoms with E-state index in [1.165, 1.54) is 16.3 Å². The predicted octanol–water partition coefficient (Wildman–Crippen LogP) is 2.23. The van der Waals surface area contributed by atoms with E-state index < -0.39 is 0 Å². The quantitative estimate of drug-likeness (QED) is 0.838. The summed E-state index contributed by atoms with van der Waals surface area (Å²) >= 11 is 1.88. The van der Waals surface area contributed by atoms with Gasteiger partial charge in [0.25, 0.3) is 0 Å². The molecular formula is C18H28N4OS. The van der Waals surface area contributed by atoms with Crippen LogP contribution in [0.5, 0.6) is 0 Å². The second-order valence-corrected chi connectivity index (χ2v) is 8.54. The van der Waals surface area contributed by atoms with Crippen molar-refractivity contribution in [3.8, 4) is 0 Å². The van der Waals surface area contributed by atoms with Gasteiger partial charge in [0.2, 0.25) is 0 Å². The lowest BCUT2D eigenvalue weighted by Crippen LogP contribution is -2.50. The van der Waals surface area contributed by atoms with Crippen LogP contribution in [0.3, 0.4) is 0 Å². The molecule has 2 atom stereocenters. The lowest BCUT2D eigenvalue weighted by Gasteiger charge is -2.36. The maximum Gasteiger partial charge on any atom is 0.152 e. The zero-order valence-electron chi connectivity index (χ0n) is 14.9. The van der Waals surface area contributed by atoms with Gasteiger partial charge in [-0.1, -0.05) is 5.16 Å². The van der Waals surface area contributed by atoms with Crippen molar-refractivity contribution < 1.29 is 4.84 Å². The van der Waals surface area contributed by atoms with Crippen LogP contribution in [0.15, 0.2) is 16.6 Å². The number of rotatable bonds is 3. The summed E-state index contributed by atoms with van der Waals surface area (Å²) in [7, 11) is 0. The maximum absolute atomic E-state index is 5.74. The molecule has 3 aliphatic heterocycles. The Morgan fingerprint density at radius 3 is 2.71 bits per heavy atom. The van der Waals surface area contributed by atoms with Gasteiger partial charge in [0.05, 0.1) is 5.92 Å². The molecule has 132 valence electrons. The lowest BCUT2D eigenvalue weighted by molar-refractivity contribution is 0.0719. The topological polar surface area (TPSA) is 31.3 Å². The minimum absolute atomic E-state index is 0.272. The molecule has 0 aromatic carbocycles. The van der Waals surface area contributed by atoms with Crippen LogP contribution in [-0.2, 0) is 11.4 Å². The van der Waals surface area contributed by atoms with Gasteiger partial charge in [0.1, 0.15) is 0 Å². The standard InChI is InChI=1S/C18H28N4OS/c1-13(2)22-10-15-16(11-22)23-19-18(15)21-7-5-20(6-8-21)12-17-14(3)4-9-24-17/h4,9,13,15-16H,5-8,10-12H2,1-3H3/t15-,16+/m0/s1. The average Bonchev–Trinajstić information content (AvgIpc) is 3.24. The summed E-state index contributed by atoms with van der Waals surface area (Å²) in [4.78, 5) is 14.8. The second-order valence-electron chi connectivity index (χ2n) is 7.54. The Balaban J connectivity index is 1.32. The second kappa shape index (κ2) is 6.65. The molecular weight excluding hydrogens is 320 g/mol. The molecule has 1 aromatic heterocycles. The monoisotopic (exact) mass is 348 g/mol. The lowest BCUT2D eigenvalue weighted by atomic mass is 10.0. The van der Waals surface area contributed by atoms with Crippen LogP contribution in [0.4, 0.5) is 0 Å².